The number of hydrogen-bond acceptors (Lipinski definition) is 3. The standard InChI is InChI=1S/C16H17F2N3O/c1-16(20,21-13(22)9-19)11-7-8-12(17)15(18)14(11)10-5-3-2-4-6-10/h2-8H,9,19-20H2,1H3,(H,21,22). The summed E-state index contributed by atoms with van der Waals surface area (Å²) in [6.45, 7) is 1.25. The van der Waals surface area contributed by atoms with Crippen molar-refractivity contribution in [3.05, 3.63) is 59.7 Å². The maximum absolute atomic E-state index is 14.3. The quantitative estimate of drug-likeness (QED) is 0.754. The largest absolute Gasteiger partial charge is 0.333 e. The first-order valence-electron chi connectivity index (χ1n) is 6.70. The smallest absolute Gasteiger partial charge is 0.235 e. The Morgan fingerprint density at radius 3 is 2.41 bits per heavy atom. The van der Waals surface area contributed by atoms with E-state index >= 15 is 0 Å². The molecular weight excluding hydrogens is 288 g/mol. The van der Waals surface area contributed by atoms with Crippen molar-refractivity contribution in [1.29, 1.82) is 0 Å². The van der Waals surface area contributed by atoms with Gasteiger partial charge in [-0.25, -0.2) is 8.78 Å². The minimum atomic E-state index is -1.39. The average molecular weight is 305 g/mol. The number of carbonyl (C=O) groups excluding carboxylic acids is 1. The summed E-state index contributed by atoms with van der Waals surface area (Å²) in [4.78, 5) is 11.5. The Balaban J connectivity index is 2.62. The van der Waals surface area contributed by atoms with Crippen molar-refractivity contribution in [3.8, 4) is 11.1 Å². The molecule has 5 N–H and O–H groups in total. The molecule has 0 spiro atoms. The SMILES string of the molecule is CC(N)(NC(=O)CN)c1ccc(F)c(F)c1-c1ccccc1. The van der Waals surface area contributed by atoms with Gasteiger partial charge in [-0.05, 0) is 18.6 Å². The molecule has 0 heterocycles. The van der Waals surface area contributed by atoms with Crippen LogP contribution in [0.3, 0.4) is 0 Å². The van der Waals surface area contributed by atoms with Crippen molar-refractivity contribution in [2.24, 2.45) is 11.5 Å². The van der Waals surface area contributed by atoms with E-state index in [2.05, 4.69) is 5.32 Å². The van der Waals surface area contributed by atoms with Crippen LogP contribution in [0.1, 0.15) is 12.5 Å². The van der Waals surface area contributed by atoms with Gasteiger partial charge in [0.15, 0.2) is 11.6 Å². The average Bonchev–Trinajstić information content (AvgIpc) is 2.50. The lowest BCUT2D eigenvalue weighted by Gasteiger charge is -2.29. The van der Waals surface area contributed by atoms with Gasteiger partial charge >= 0.3 is 0 Å². The fourth-order valence-electron chi connectivity index (χ4n) is 2.28. The third-order valence-electron chi connectivity index (χ3n) is 3.30. The maximum atomic E-state index is 14.3. The van der Waals surface area contributed by atoms with E-state index in [1.165, 1.54) is 13.0 Å². The van der Waals surface area contributed by atoms with Crippen molar-refractivity contribution >= 4 is 5.91 Å². The molecule has 2 aromatic carbocycles. The van der Waals surface area contributed by atoms with Crippen molar-refractivity contribution in [2.75, 3.05) is 6.54 Å². The van der Waals surface area contributed by atoms with Crippen LogP contribution in [-0.4, -0.2) is 12.5 Å². The molecule has 0 saturated heterocycles. The van der Waals surface area contributed by atoms with E-state index < -0.39 is 23.2 Å². The van der Waals surface area contributed by atoms with E-state index in [4.69, 9.17) is 11.5 Å². The normalized spacial score (nSPS) is 13.5. The number of hydrogen-bond donors (Lipinski definition) is 3. The van der Waals surface area contributed by atoms with Crippen LogP contribution in [0.4, 0.5) is 8.78 Å². The molecule has 116 valence electrons. The van der Waals surface area contributed by atoms with Gasteiger partial charge in [-0.1, -0.05) is 36.4 Å². The summed E-state index contributed by atoms with van der Waals surface area (Å²) in [6, 6.07) is 10.8. The van der Waals surface area contributed by atoms with Crippen LogP contribution in [0, 0.1) is 11.6 Å². The zero-order valence-electron chi connectivity index (χ0n) is 12.1. The van der Waals surface area contributed by atoms with E-state index in [0.29, 0.717) is 5.56 Å². The van der Waals surface area contributed by atoms with Crippen molar-refractivity contribution in [3.63, 3.8) is 0 Å². The van der Waals surface area contributed by atoms with E-state index in [0.717, 1.165) is 6.07 Å². The van der Waals surface area contributed by atoms with Gasteiger partial charge in [0.1, 0.15) is 5.66 Å². The highest BCUT2D eigenvalue weighted by Gasteiger charge is 2.29. The van der Waals surface area contributed by atoms with E-state index in [9.17, 15) is 13.6 Å². The molecule has 1 atom stereocenters. The maximum Gasteiger partial charge on any atom is 0.235 e. The number of rotatable bonds is 4. The summed E-state index contributed by atoms with van der Waals surface area (Å²) >= 11 is 0. The molecule has 22 heavy (non-hydrogen) atoms. The van der Waals surface area contributed by atoms with Gasteiger partial charge in [-0.3, -0.25) is 4.79 Å². The number of amides is 1. The van der Waals surface area contributed by atoms with Crippen LogP contribution in [0.15, 0.2) is 42.5 Å². The van der Waals surface area contributed by atoms with Gasteiger partial charge in [-0.15, -0.1) is 0 Å². The van der Waals surface area contributed by atoms with Crippen LogP contribution < -0.4 is 16.8 Å². The number of halogens is 2. The molecule has 0 bridgehead atoms. The Labute approximate surface area is 127 Å². The molecule has 0 radical (unpaired) electrons. The molecule has 0 aromatic heterocycles. The lowest BCUT2D eigenvalue weighted by Crippen LogP contribution is -2.52. The van der Waals surface area contributed by atoms with Gasteiger partial charge in [0, 0.05) is 11.1 Å². The zero-order valence-corrected chi connectivity index (χ0v) is 12.1. The monoisotopic (exact) mass is 305 g/mol. The number of nitrogens with one attached hydrogen (secondary N) is 1. The van der Waals surface area contributed by atoms with Crippen molar-refractivity contribution in [1.82, 2.24) is 5.32 Å². The first-order valence-corrected chi connectivity index (χ1v) is 6.70. The van der Waals surface area contributed by atoms with Crippen LogP contribution in [-0.2, 0) is 10.5 Å². The summed E-state index contributed by atoms with van der Waals surface area (Å²) in [5.74, 6) is -2.49. The highest BCUT2D eigenvalue weighted by Crippen LogP contribution is 2.33. The van der Waals surface area contributed by atoms with E-state index in [1.54, 1.807) is 30.3 Å². The molecule has 0 aliphatic heterocycles. The fraction of sp³-hybridized carbons (Fsp3) is 0.188. The molecule has 6 heteroatoms. The second-order valence-corrected chi connectivity index (χ2v) is 5.10. The molecule has 0 aliphatic carbocycles. The van der Waals surface area contributed by atoms with Crippen LogP contribution in [0.5, 0.6) is 0 Å². The van der Waals surface area contributed by atoms with E-state index in [-0.39, 0.29) is 17.7 Å². The third kappa shape index (κ3) is 3.13. The molecule has 0 fully saturated rings. The zero-order chi connectivity index (χ0) is 16.3. The second kappa shape index (κ2) is 6.21. The van der Waals surface area contributed by atoms with Crippen LogP contribution in [0.2, 0.25) is 0 Å². The molecule has 2 aromatic rings. The van der Waals surface area contributed by atoms with Crippen LogP contribution in [0.25, 0.3) is 11.1 Å². The predicted molar refractivity (Wildman–Crippen MR) is 80.5 cm³/mol. The fourth-order valence-corrected chi connectivity index (χ4v) is 2.28. The Hall–Kier alpha value is -2.31. The first kappa shape index (κ1) is 16.1. The summed E-state index contributed by atoms with van der Waals surface area (Å²) in [5.41, 5.74) is 10.7. The highest BCUT2D eigenvalue weighted by molar-refractivity contribution is 5.79. The number of benzene rings is 2. The lowest BCUT2D eigenvalue weighted by molar-refractivity contribution is -0.121. The molecule has 0 saturated carbocycles. The Kier molecular flexibility index (Phi) is 4.54. The topological polar surface area (TPSA) is 81.1 Å². The Bertz CT molecular complexity index is 687. The third-order valence-corrected chi connectivity index (χ3v) is 3.30. The summed E-state index contributed by atoms with van der Waals surface area (Å²) in [5, 5.41) is 2.50. The van der Waals surface area contributed by atoms with Crippen molar-refractivity contribution < 1.29 is 13.6 Å². The molecule has 2 rings (SSSR count). The summed E-state index contributed by atoms with van der Waals surface area (Å²) in [7, 11) is 0. The van der Waals surface area contributed by atoms with Gasteiger partial charge in [0.2, 0.25) is 5.91 Å². The van der Waals surface area contributed by atoms with E-state index in [1.807, 2.05) is 0 Å². The van der Waals surface area contributed by atoms with Gasteiger partial charge in [0.25, 0.3) is 0 Å². The number of nitrogens with two attached hydrogens (primary N) is 2. The summed E-state index contributed by atoms with van der Waals surface area (Å²) < 4.78 is 28.0. The first-order chi connectivity index (χ1) is 10.4. The lowest BCUT2D eigenvalue weighted by atomic mass is 9.91. The molecule has 4 nitrogen and oxygen atoms in total. The minimum Gasteiger partial charge on any atom is -0.333 e. The molecule has 0 aliphatic rings. The predicted octanol–water partition coefficient (Wildman–Crippen LogP) is 1.84. The minimum absolute atomic E-state index is 0.0166. The van der Waals surface area contributed by atoms with Gasteiger partial charge < -0.3 is 16.8 Å². The molecule has 1 unspecified atom stereocenters. The highest BCUT2D eigenvalue weighted by atomic mass is 19.2. The Morgan fingerprint density at radius 1 is 1.18 bits per heavy atom. The molecule has 1 amide bonds. The summed E-state index contributed by atoms with van der Waals surface area (Å²) in [6.07, 6.45) is 0. The van der Waals surface area contributed by atoms with Crippen molar-refractivity contribution in [2.45, 2.75) is 12.6 Å². The number of carbonyl (C=O) groups is 1. The second-order valence-electron chi connectivity index (χ2n) is 5.10. The Morgan fingerprint density at radius 2 is 1.82 bits per heavy atom. The van der Waals surface area contributed by atoms with Crippen LogP contribution >= 0.6 is 0 Å². The van der Waals surface area contributed by atoms with Gasteiger partial charge in [-0.2, -0.15) is 0 Å². The van der Waals surface area contributed by atoms with Gasteiger partial charge in [0.05, 0.1) is 6.54 Å². The molecular formula is C16H17F2N3O.